The molecule has 0 unspecified atom stereocenters. The van der Waals surface area contributed by atoms with E-state index in [-0.39, 0.29) is 11.3 Å². The van der Waals surface area contributed by atoms with Crippen molar-refractivity contribution in [1.29, 1.82) is 0 Å². The summed E-state index contributed by atoms with van der Waals surface area (Å²) in [5.41, 5.74) is 0.0916. The summed E-state index contributed by atoms with van der Waals surface area (Å²) in [5, 5.41) is 12.5. The van der Waals surface area contributed by atoms with Crippen molar-refractivity contribution in [2.75, 3.05) is 26.4 Å². The molecule has 0 bridgehead atoms. The highest BCUT2D eigenvalue weighted by Gasteiger charge is 2.12. The molecule has 20 heavy (non-hydrogen) atoms. The van der Waals surface area contributed by atoms with Gasteiger partial charge in [0.2, 0.25) is 10.0 Å². The number of rotatable bonds is 6. The van der Waals surface area contributed by atoms with Crippen LogP contribution in [-0.4, -0.2) is 50.1 Å². The van der Waals surface area contributed by atoms with Crippen molar-refractivity contribution in [2.45, 2.75) is 6.42 Å². The molecule has 0 atom stereocenters. The Balaban J connectivity index is 2.47. The maximum Gasteiger partial charge on any atom is 0.255 e. The second-order valence-corrected chi connectivity index (χ2v) is 6.88. The van der Waals surface area contributed by atoms with Gasteiger partial charge in [-0.2, -0.15) is 0 Å². The van der Waals surface area contributed by atoms with Gasteiger partial charge in [-0.1, -0.05) is 11.6 Å². The predicted octanol–water partition coefficient (Wildman–Crippen LogP) is 1.06. The number of carbonyl (C=O) groups is 1. The number of hydrogen-bond donors (Lipinski definition) is 2. The lowest BCUT2D eigenvalue weighted by Crippen LogP contribution is -2.30. The Morgan fingerprint density at radius 2 is 2.10 bits per heavy atom. The van der Waals surface area contributed by atoms with Crippen molar-refractivity contribution in [1.82, 2.24) is 9.62 Å². The molecule has 1 rings (SSSR count). The van der Waals surface area contributed by atoms with Crippen LogP contribution in [0.4, 0.5) is 0 Å². The van der Waals surface area contributed by atoms with Gasteiger partial charge in [0.15, 0.2) is 0 Å². The summed E-state index contributed by atoms with van der Waals surface area (Å²) < 4.78 is 23.5. The minimum atomic E-state index is -3.20. The summed E-state index contributed by atoms with van der Waals surface area (Å²) in [5.74, 6) is -0.604. The molecule has 0 aliphatic carbocycles. The van der Waals surface area contributed by atoms with Crippen molar-refractivity contribution >= 4 is 27.5 Å². The SMILES string of the molecule is CN(CCCNC(=O)c1cc(Cl)ccc1O)S(C)(=O)=O. The van der Waals surface area contributed by atoms with Gasteiger partial charge in [0.05, 0.1) is 11.8 Å². The molecular formula is C12H17ClN2O4S. The Morgan fingerprint density at radius 1 is 1.45 bits per heavy atom. The zero-order valence-electron chi connectivity index (χ0n) is 11.3. The number of phenolic OH excluding ortho intramolecular Hbond substituents is 1. The zero-order valence-corrected chi connectivity index (χ0v) is 12.8. The van der Waals surface area contributed by atoms with E-state index in [1.807, 2.05) is 0 Å². The molecule has 0 aromatic heterocycles. The molecular weight excluding hydrogens is 304 g/mol. The van der Waals surface area contributed by atoms with Crippen LogP contribution in [0.3, 0.4) is 0 Å². The molecule has 0 heterocycles. The van der Waals surface area contributed by atoms with Gasteiger partial charge in [0.25, 0.3) is 5.91 Å². The first-order valence-electron chi connectivity index (χ1n) is 5.90. The van der Waals surface area contributed by atoms with Crippen LogP contribution >= 0.6 is 11.6 Å². The monoisotopic (exact) mass is 320 g/mol. The smallest absolute Gasteiger partial charge is 0.255 e. The van der Waals surface area contributed by atoms with Crippen molar-refractivity contribution < 1.29 is 18.3 Å². The molecule has 1 amide bonds. The number of amides is 1. The fourth-order valence-electron chi connectivity index (χ4n) is 1.45. The molecule has 2 N–H and O–H groups in total. The normalized spacial score (nSPS) is 11.6. The third-order valence-electron chi connectivity index (χ3n) is 2.70. The molecule has 1 aromatic rings. The maximum atomic E-state index is 11.8. The second-order valence-electron chi connectivity index (χ2n) is 4.36. The molecule has 6 nitrogen and oxygen atoms in total. The first-order chi connectivity index (χ1) is 9.21. The van der Waals surface area contributed by atoms with Gasteiger partial charge in [0.1, 0.15) is 5.75 Å². The van der Waals surface area contributed by atoms with E-state index in [2.05, 4.69) is 5.32 Å². The number of halogens is 1. The summed E-state index contributed by atoms with van der Waals surface area (Å²) in [7, 11) is -1.73. The van der Waals surface area contributed by atoms with Crippen molar-refractivity contribution in [3.05, 3.63) is 28.8 Å². The molecule has 0 spiro atoms. The van der Waals surface area contributed by atoms with Gasteiger partial charge in [-0.3, -0.25) is 4.79 Å². The zero-order chi connectivity index (χ0) is 15.3. The first-order valence-corrected chi connectivity index (χ1v) is 8.12. The molecule has 0 fully saturated rings. The van der Waals surface area contributed by atoms with Crippen LogP contribution in [0.15, 0.2) is 18.2 Å². The molecule has 0 aliphatic rings. The van der Waals surface area contributed by atoms with E-state index in [0.717, 1.165) is 6.26 Å². The predicted molar refractivity (Wildman–Crippen MR) is 77.5 cm³/mol. The largest absolute Gasteiger partial charge is 0.507 e. The topological polar surface area (TPSA) is 86.7 Å². The van der Waals surface area contributed by atoms with Gasteiger partial charge < -0.3 is 10.4 Å². The minimum absolute atomic E-state index is 0.0916. The second kappa shape index (κ2) is 6.92. The lowest BCUT2D eigenvalue weighted by Gasteiger charge is -2.14. The van der Waals surface area contributed by atoms with Crippen LogP contribution < -0.4 is 5.32 Å². The van der Waals surface area contributed by atoms with Crippen LogP contribution in [0.5, 0.6) is 5.75 Å². The van der Waals surface area contributed by atoms with Gasteiger partial charge >= 0.3 is 0 Å². The highest BCUT2D eigenvalue weighted by atomic mass is 35.5. The third kappa shape index (κ3) is 4.99. The van der Waals surface area contributed by atoms with E-state index in [1.165, 1.54) is 29.6 Å². The van der Waals surface area contributed by atoms with E-state index in [9.17, 15) is 18.3 Å². The highest BCUT2D eigenvalue weighted by Crippen LogP contribution is 2.21. The molecule has 0 saturated heterocycles. The summed E-state index contributed by atoms with van der Waals surface area (Å²) >= 11 is 5.75. The number of nitrogens with zero attached hydrogens (tertiary/aromatic N) is 1. The Hall–Kier alpha value is -1.31. The number of hydrogen-bond acceptors (Lipinski definition) is 4. The van der Waals surface area contributed by atoms with E-state index in [1.54, 1.807) is 0 Å². The Morgan fingerprint density at radius 3 is 2.70 bits per heavy atom. The average Bonchev–Trinajstić information content (AvgIpc) is 2.35. The van der Waals surface area contributed by atoms with Crippen molar-refractivity contribution in [3.8, 4) is 5.75 Å². The van der Waals surface area contributed by atoms with E-state index in [4.69, 9.17) is 11.6 Å². The van der Waals surface area contributed by atoms with Gasteiger partial charge in [-0.05, 0) is 24.6 Å². The summed E-state index contributed by atoms with van der Waals surface area (Å²) in [6, 6.07) is 4.19. The Bertz CT molecular complexity index is 589. The Labute approximate surface area is 123 Å². The van der Waals surface area contributed by atoms with Crippen LogP contribution in [0.1, 0.15) is 16.8 Å². The maximum absolute atomic E-state index is 11.8. The summed E-state index contributed by atoms with van der Waals surface area (Å²) in [6.07, 6.45) is 1.59. The lowest BCUT2D eigenvalue weighted by atomic mass is 10.2. The van der Waals surface area contributed by atoms with Crippen LogP contribution in [0.2, 0.25) is 5.02 Å². The molecule has 1 aromatic carbocycles. The molecule has 112 valence electrons. The third-order valence-corrected chi connectivity index (χ3v) is 4.25. The molecule has 8 heteroatoms. The number of sulfonamides is 1. The fourth-order valence-corrected chi connectivity index (χ4v) is 2.09. The fraction of sp³-hybridized carbons (Fsp3) is 0.417. The standard InChI is InChI=1S/C12H17ClN2O4S/c1-15(20(2,18)19)7-3-6-14-12(17)10-8-9(13)4-5-11(10)16/h4-5,8,16H,3,6-7H2,1-2H3,(H,14,17). The molecule has 0 aliphatic heterocycles. The molecule has 0 radical (unpaired) electrons. The van der Waals surface area contributed by atoms with Crippen LogP contribution in [0.25, 0.3) is 0 Å². The van der Waals surface area contributed by atoms with E-state index < -0.39 is 15.9 Å². The summed E-state index contributed by atoms with van der Waals surface area (Å²) in [4.78, 5) is 11.8. The lowest BCUT2D eigenvalue weighted by molar-refractivity contribution is 0.0950. The van der Waals surface area contributed by atoms with Crippen LogP contribution in [-0.2, 0) is 10.0 Å². The molecule has 0 saturated carbocycles. The summed E-state index contributed by atoms with van der Waals surface area (Å²) in [6.45, 7) is 0.602. The number of aromatic hydroxyl groups is 1. The number of benzene rings is 1. The highest BCUT2D eigenvalue weighted by molar-refractivity contribution is 7.88. The van der Waals surface area contributed by atoms with Gasteiger partial charge in [-0.15, -0.1) is 0 Å². The van der Waals surface area contributed by atoms with E-state index >= 15 is 0 Å². The number of nitrogens with one attached hydrogen (secondary N) is 1. The minimum Gasteiger partial charge on any atom is -0.507 e. The van der Waals surface area contributed by atoms with Gasteiger partial charge in [-0.25, -0.2) is 12.7 Å². The Kier molecular flexibility index (Phi) is 5.79. The van der Waals surface area contributed by atoms with E-state index in [0.29, 0.717) is 24.5 Å². The quantitative estimate of drug-likeness (QED) is 0.767. The van der Waals surface area contributed by atoms with Crippen molar-refractivity contribution in [2.24, 2.45) is 0 Å². The average molecular weight is 321 g/mol. The number of carbonyl (C=O) groups excluding carboxylic acids is 1. The van der Waals surface area contributed by atoms with Crippen molar-refractivity contribution in [3.63, 3.8) is 0 Å². The first kappa shape index (κ1) is 16.7. The number of phenols is 1. The van der Waals surface area contributed by atoms with Crippen LogP contribution in [0, 0.1) is 0 Å². The van der Waals surface area contributed by atoms with Gasteiger partial charge in [0, 0.05) is 25.2 Å².